The summed E-state index contributed by atoms with van der Waals surface area (Å²) in [6.45, 7) is 17.3. The second-order valence-corrected chi connectivity index (χ2v) is 15.8. The number of aromatic nitrogens is 4. The van der Waals surface area contributed by atoms with E-state index in [0.717, 1.165) is 24.8 Å². The minimum Gasteiger partial charge on any atom is -0.491 e. The molecule has 0 radical (unpaired) electrons. The lowest BCUT2D eigenvalue weighted by Gasteiger charge is -2.47. The molecule has 10 nitrogen and oxygen atoms in total. The van der Waals surface area contributed by atoms with Gasteiger partial charge in [0.05, 0.1) is 18.7 Å². The number of halogens is 1. The number of carbonyl (C=O) groups excluding carboxylic acids is 2. The van der Waals surface area contributed by atoms with Crippen LogP contribution in [0.4, 0.5) is 4.39 Å². The highest BCUT2D eigenvalue weighted by molar-refractivity contribution is 6.47. The van der Waals surface area contributed by atoms with Crippen molar-refractivity contribution in [3.05, 3.63) is 70.8 Å². The van der Waals surface area contributed by atoms with Crippen molar-refractivity contribution in [2.75, 3.05) is 0 Å². The molecule has 1 fully saturated rings. The molecule has 258 valence electrons. The van der Waals surface area contributed by atoms with Crippen molar-refractivity contribution in [2.45, 2.75) is 118 Å². The summed E-state index contributed by atoms with van der Waals surface area (Å²) < 4.78 is 21.5. The van der Waals surface area contributed by atoms with Crippen molar-refractivity contribution in [3.63, 3.8) is 0 Å². The van der Waals surface area contributed by atoms with Gasteiger partial charge in [0.2, 0.25) is 0 Å². The minimum absolute atomic E-state index is 0.00533. The van der Waals surface area contributed by atoms with Crippen LogP contribution in [0.2, 0.25) is 0 Å². The summed E-state index contributed by atoms with van der Waals surface area (Å²) >= 11 is 0. The number of nitrogens with one attached hydrogen (secondary N) is 2. The summed E-state index contributed by atoms with van der Waals surface area (Å²) in [5, 5.41) is 16.5. The molecule has 2 aliphatic rings. The molecule has 0 bridgehead atoms. The zero-order chi connectivity index (χ0) is 34.9. The third kappa shape index (κ3) is 7.93. The lowest BCUT2D eigenvalue weighted by molar-refractivity contribution is -0.134. The molecule has 5 rings (SSSR count). The van der Waals surface area contributed by atoms with E-state index in [2.05, 4.69) is 67.5 Å². The van der Waals surface area contributed by atoms with E-state index < -0.39 is 11.5 Å². The zero-order valence-corrected chi connectivity index (χ0v) is 29.6. The first-order valence-electron chi connectivity index (χ1n) is 17.1. The SMILES string of the molecule is CC(C)Oc1ccc(F)c(C2=NC3(CCC(C(C)(C)C)CC3)N([C@H](CCC(C)(C)C)c3ccc(C(=O)NCc4nn[nH]n4)cc3)C2=O)c1. The fourth-order valence-corrected chi connectivity index (χ4v) is 6.94. The number of aromatic amines is 1. The number of hydrogen-bond acceptors (Lipinski definition) is 7. The molecule has 2 aromatic carbocycles. The molecule has 2 amide bonds. The van der Waals surface area contributed by atoms with Crippen LogP contribution in [0.3, 0.4) is 0 Å². The topological polar surface area (TPSA) is 125 Å². The van der Waals surface area contributed by atoms with Gasteiger partial charge in [0.15, 0.2) is 5.82 Å². The predicted molar refractivity (Wildman–Crippen MR) is 183 cm³/mol. The molecule has 1 aliphatic heterocycles. The standard InChI is InChI=1S/C37H50FN7O3/c1-23(2)48-27-13-14-29(38)28(21-27)32-34(47)45(37(40-32)19-15-26(16-20-37)36(6,7)8)30(17-18-35(3,4)5)24-9-11-25(12-10-24)33(46)39-22-31-41-43-44-42-31/h9-14,21,23,26,30H,15-20,22H2,1-8H3,(H,39,46)(H,41,42,43,44)/t26?,30-,37?/m1/s1. The molecule has 0 unspecified atom stereocenters. The minimum atomic E-state index is -0.807. The second-order valence-electron chi connectivity index (χ2n) is 15.8. The maximum Gasteiger partial charge on any atom is 0.275 e. The van der Waals surface area contributed by atoms with Gasteiger partial charge in [-0.2, -0.15) is 5.21 Å². The molecule has 1 saturated carbocycles. The van der Waals surface area contributed by atoms with E-state index in [4.69, 9.17) is 9.73 Å². The van der Waals surface area contributed by atoms with E-state index in [1.54, 1.807) is 24.3 Å². The van der Waals surface area contributed by atoms with Gasteiger partial charge in [-0.15, -0.1) is 10.2 Å². The smallest absolute Gasteiger partial charge is 0.275 e. The summed E-state index contributed by atoms with van der Waals surface area (Å²) in [6.07, 6.45) is 4.63. The van der Waals surface area contributed by atoms with Gasteiger partial charge in [-0.1, -0.05) is 58.9 Å². The van der Waals surface area contributed by atoms with Crippen LogP contribution in [0, 0.1) is 22.6 Å². The van der Waals surface area contributed by atoms with Gasteiger partial charge in [-0.25, -0.2) is 4.39 Å². The van der Waals surface area contributed by atoms with Crippen molar-refractivity contribution in [1.82, 2.24) is 30.8 Å². The number of H-pyrrole nitrogens is 1. The first-order chi connectivity index (χ1) is 22.6. The van der Waals surface area contributed by atoms with E-state index in [9.17, 15) is 9.59 Å². The monoisotopic (exact) mass is 659 g/mol. The van der Waals surface area contributed by atoms with Crippen molar-refractivity contribution < 1.29 is 18.7 Å². The first kappa shape index (κ1) is 35.2. The van der Waals surface area contributed by atoms with Crippen LogP contribution in [0.25, 0.3) is 0 Å². The maximum atomic E-state index is 15.6. The zero-order valence-electron chi connectivity index (χ0n) is 29.6. The van der Waals surface area contributed by atoms with Gasteiger partial charge in [0.1, 0.15) is 22.9 Å². The Balaban J connectivity index is 1.53. The number of aliphatic imine (C=N–C) groups is 1. The van der Waals surface area contributed by atoms with Crippen LogP contribution in [0.1, 0.15) is 127 Å². The number of hydrogen-bond donors (Lipinski definition) is 2. The molecule has 48 heavy (non-hydrogen) atoms. The summed E-state index contributed by atoms with van der Waals surface area (Å²) in [5.74, 6) is 0.327. The Bertz CT molecular complexity index is 1610. The highest BCUT2D eigenvalue weighted by Gasteiger charge is 2.53. The number of rotatable bonds is 10. The predicted octanol–water partition coefficient (Wildman–Crippen LogP) is 7.19. The summed E-state index contributed by atoms with van der Waals surface area (Å²) in [7, 11) is 0. The Kier molecular flexibility index (Phi) is 10.1. The molecule has 2 heterocycles. The molecular weight excluding hydrogens is 609 g/mol. The van der Waals surface area contributed by atoms with E-state index in [1.807, 2.05) is 30.9 Å². The molecule has 0 saturated heterocycles. The van der Waals surface area contributed by atoms with Crippen LogP contribution >= 0.6 is 0 Å². The Hall–Kier alpha value is -4.15. The molecule has 2 N–H and O–H groups in total. The first-order valence-corrected chi connectivity index (χ1v) is 17.1. The second kappa shape index (κ2) is 13.8. The van der Waals surface area contributed by atoms with Crippen molar-refractivity contribution >= 4 is 17.5 Å². The van der Waals surface area contributed by atoms with E-state index in [0.29, 0.717) is 42.3 Å². The van der Waals surface area contributed by atoms with Crippen LogP contribution in [0.15, 0.2) is 47.5 Å². The molecular formula is C37H50FN7O3. The Morgan fingerprint density at radius 3 is 2.35 bits per heavy atom. The number of nitrogens with zero attached hydrogens (tertiary/aromatic N) is 5. The average molecular weight is 660 g/mol. The Morgan fingerprint density at radius 2 is 1.77 bits per heavy atom. The quantitative estimate of drug-likeness (QED) is 0.237. The summed E-state index contributed by atoms with van der Waals surface area (Å²) in [4.78, 5) is 34.9. The van der Waals surface area contributed by atoms with Gasteiger partial charge >= 0.3 is 0 Å². The Labute approximate surface area is 283 Å². The van der Waals surface area contributed by atoms with Crippen molar-refractivity contribution in [3.8, 4) is 5.75 Å². The number of amides is 2. The molecule has 1 aromatic heterocycles. The lowest BCUT2D eigenvalue weighted by Crippen LogP contribution is -2.51. The summed E-state index contributed by atoms with van der Waals surface area (Å²) in [6, 6.07) is 11.6. The molecule has 3 aromatic rings. The Morgan fingerprint density at radius 1 is 1.08 bits per heavy atom. The van der Waals surface area contributed by atoms with Crippen LogP contribution < -0.4 is 10.1 Å². The molecule has 1 spiro atoms. The van der Waals surface area contributed by atoms with E-state index in [1.165, 1.54) is 6.07 Å². The maximum absolute atomic E-state index is 15.6. The van der Waals surface area contributed by atoms with Gasteiger partial charge in [0.25, 0.3) is 11.8 Å². The third-order valence-electron chi connectivity index (χ3n) is 9.60. The van der Waals surface area contributed by atoms with Gasteiger partial charge in [-0.3, -0.25) is 14.6 Å². The van der Waals surface area contributed by atoms with Crippen LogP contribution in [-0.4, -0.2) is 54.8 Å². The van der Waals surface area contributed by atoms with Crippen LogP contribution in [-0.2, 0) is 11.3 Å². The van der Waals surface area contributed by atoms with Gasteiger partial charge in [0, 0.05) is 11.1 Å². The van der Waals surface area contributed by atoms with Gasteiger partial charge in [-0.05, 0) is 105 Å². The number of ether oxygens (including phenoxy) is 1. The van der Waals surface area contributed by atoms with E-state index >= 15 is 4.39 Å². The number of tetrazole rings is 1. The van der Waals surface area contributed by atoms with Crippen molar-refractivity contribution in [2.24, 2.45) is 21.7 Å². The number of carbonyl (C=O) groups is 2. The van der Waals surface area contributed by atoms with Crippen LogP contribution in [0.5, 0.6) is 5.75 Å². The third-order valence-corrected chi connectivity index (χ3v) is 9.60. The van der Waals surface area contributed by atoms with E-state index in [-0.39, 0.29) is 52.6 Å². The number of benzene rings is 2. The molecule has 11 heteroatoms. The van der Waals surface area contributed by atoms with Gasteiger partial charge < -0.3 is 15.0 Å². The largest absolute Gasteiger partial charge is 0.491 e. The highest BCUT2D eigenvalue weighted by Crippen LogP contribution is 2.50. The highest BCUT2D eigenvalue weighted by atomic mass is 19.1. The molecule has 1 aliphatic carbocycles. The van der Waals surface area contributed by atoms with Crippen molar-refractivity contribution in [1.29, 1.82) is 0 Å². The fourth-order valence-electron chi connectivity index (χ4n) is 6.94. The fraction of sp³-hybridized carbons (Fsp3) is 0.568. The molecule has 1 atom stereocenters. The summed E-state index contributed by atoms with van der Waals surface area (Å²) in [5.41, 5.74) is 1.03. The average Bonchev–Trinajstić information content (AvgIpc) is 3.63. The normalized spacial score (nSPS) is 20.7. The lowest BCUT2D eigenvalue weighted by atomic mass is 9.69.